The number of carbonyl (C=O) groups is 1. The molecule has 23 heavy (non-hydrogen) atoms. The third-order valence-corrected chi connectivity index (χ3v) is 4.85. The van der Waals surface area contributed by atoms with Crippen molar-refractivity contribution in [2.24, 2.45) is 17.8 Å². The van der Waals surface area contributed by atoms with Gasteiger partial charge in [-0.05, 0) is 49.3 Å². The molecule has 5 heteroatoms. The van der Waals surface area contributed by atoms with Crippen LogP contribution in [0, 0.1) is 29.6 Å². The maximum atomic E-state index is 12.6. The Bertz CT molecular complexity index is 656. The molecule has 2 nitrogen and oxygen atoms in total. The normalized spacial score (nSPS) is 25.8. The summed E-state index contributed by atoms with van der Waals surface area (Å²) in [5.41, 5.74) is -0.413. The third-order valence-electron chi connectivity index (χ3n) is 4.85. The molecule has 3 unspecified atom stereocenters. The molecule has 1 N–H and O–H groups in total. The lowest BCUT2D eigenvalue weighted by atomic mass is 9.88. The summed E-state index contributed by atoms with van der Waals surface area (Å²) in [7, 11) is 0. The van der Waals surface area contributed by atoms with Crippen molar-refractivity contribution in [3.63, 3.8) is 0 Å². The minimum atomic E-state index is -4.37. The molecule has 2 bridgehead atoms. The van der Waals surface area contributed by atoms with E-state index in [0.717, 1.165) is 31.4 Å². The highest BCUT2D eigenvalue weighted by atomic mass is 19.4. The van der Waals surface area contributed by atoms with E-state index in [0.29, 0.717) is 17.4 Å². The van der Waals surface area contributed by atoms with Crippen LogP contribution in [0.15, 0.2) is 24.3 Å². The molecule has 122 valence electrons. The van der Waals surface area contributed by atoms with Gasteiger partial charge in [-0.3, -0.25) is 4.79 Å². The van der Waals surface area contributed by atoms with Crippen LogP contribution in [0.25, 0.3) is 0 Å². The summed E-state index contributed by atoms with van der Waals surface area (Å²) in [4.78, 5) is 12.1. The number of benzene rings is 1. The van der Waals surface area contributed by atoms with Gasteiger partial charge >= 0.3 is 6.18 Å². The second-order valence-corrected chi connectivity index (χ2v) is 6.38. The van der Waals surface area contributed by atoms with Crippen molar-refractivity contribution < 1.29 is 18.0 Å². The molecule has 0 spiro atoms. The molecule has 2 aliphatic carbocycles. The Morgan fingerprint density at radius 1 is 1.26 bits per heavy atom. The molecule has 2 aliphatic rings. The monoisotopic (exact) mass is 321 g/mol. The van der Waals surface area contributed by atoms with E-state index >= 15 is 0 Å². The van der Waals surface area contributed by atoms with Crippen LogP contribution in [0.5, 0.6) is 0 Å². The Hall–Kier alpha value is -1.96. The smallest absolute Gasteiger partial charge is 0.345 e. The standard InChI is InChI=1S/C18H18F3NO/c19-18(20,21)15-5-1-3-12(10-15)4-2-8-22-17(23)16-11-13-6-7-14(16)9-13/h1,3,5,10,13-14,16H,6-9,11H2,(H,22,23). The fourth-order valence-corrected chi connectivity index (χ4v) is 3.75. The number of amides is 1. The number of hydrogen-bond acceptors (Lipinski definition) is 1. The molecular weight excluding hydrogens is 303 g/mol. The van der Waals surface area contributed by atoms with Gasteiger partial charge in [-0.15, -0.1) is 0 Å². The Kier molecular flexibility index (Phi) is 4.34. The summed E-state index contributed by atoms with van der Waals surface area (Å²) in [6.45, 7) is 0.170. The lowest BCUT2D eigenvalue weighted by molar-refractivity contribution is -0.137. The number of rotatable bonds is 2. The fraction of sp³-hybridized carbons (Fsp3) is 0.500. The van der Waals surface area contributed by atoms with Crippen molar-refractivity contribution in [3.05, 3.63) is 35.4 Å². The predicted molar refractivity (Wildman–Crippen MR) is 80.3 cm³/mol. The van der Waals surface area contributed by atoms with E-state index in [2.05, 4.69) is 17.2 Å². The van der Waals surface area contributed by atoms with Gasteiger partial charge in [0.2, 0.25) is 5.91 Å². The molecule has 0 saturated heterocycles. The minimum absolute atomic E-state index is 0.0375. The second kappa shape index (κ2) is 6.27. The van der Waals surface area contributed by atoms with Crippen LogP contribution >= 0.6 is 0 Å². The highest BCUT2D eigenvalue weighted by Gasteiger charge is 2.42. The molecule has 2 fully saturated rings. The van der Waals surface area contributed by atoms with E-state index in [-0.39, 0.29) is 18.4 Å². The van der Waals surface area contributed by atoms with Gasteiger partial charge in [-0.2, -0.15) is 13.2 Å². The van der Waals surface area contributed by atoms with E-state index in [4.69, 9.17) is 0 Å². The van der Waals surface area contributed by atoms with Gasteiger partial charge in [0, 0.05) is 11.5 Å². The van der Waals surface area contributed by atoms with Gasteiger partial charge in [0.1, 0.15) is 0 Å². The first-order valence-electron chi connectivity index (χ1n) is 7.87. The van der Waals surface area contributed by atoms with E-state index < -0.39 is 11.7 Å². The third kappa shape index (κ3) is 3.69. The molecular formula is C18H18F3NO. The van der Waals surface area contributed by atoms with Crippen LogP contribution < -0.4 is 5.32 Å². The lowest BCUT2D eigenvalue weighted by Crippen LogP contribution is -2.33. The van der Waals surface area contributed by atoms with Crippen molar-refractivity contribution >= 4 is 5.91 Å². The molecule has 1 amide bonds. The van der Waals surface area contributed by atoms with Gasteiger partial charge in [0.25, 0.3) is 0 Å². The lowest BCUT2D eigenvalue weighted by Gasteiger charge is -2.19. The highest BCUT2D eigenvalue weighted by Crippen LogP contribution is 2.48. The molecule has 1 aromatic rings. The van der Waals surface area contributed by atoms with Crippen LogP contribution in [0.3, 0.4) is 0 Å². The molecule has 0 radical (unpaired) electrons. The number of fused-ring (bicyclic) bond motifs is 2. The largest absolute Gasteiger partial charge is 0.416 e. The summed E-state index contributed by atoms with van der Waals surface area (Å²) in [6.07, 6.45) is 0.141. The summed E-state index contributed by atoms with van der Waals surface area (Å²) < 4.78 is 37.8. The first kappa shape index (κ1) is 15.9. The number of hydrogen-bond donors (Lipinski definition) is 1. The Balaban J connectivity index is 1.53. The first-order chi connectivity index (χ1) is 10.9. The highest BCUT2D eigenvalue weighted by molar-refractivity contribution is 5.79. The first-order valence-corrected chi connectivity index (χ1v) is 7.87. The molecule has 3 atom stereocenters. The molecule has 3 rings (SSSR count). The zero-order chi connectivity index (χ0) is 16.4. The Morgan fingerprint density at radius 3 is 2.74 bits per heavy atom. The summed E-state index contributed by atoms with van der Waals surface area (Å²) in [5, 5.41) is 2.79. The molecule has 0 aliphatic heterocycles. The van der Waals surface area contributed by atoms with E-state index in [9.17, 15) is 18.0 Å². The van der Waals surface area contributed by atoms with Crippen molar-refractivity contribution in [2.75, 3.05) is 6.54 Å². The predicted octanol–water partition coefficient (Wildman–Crippen LogP) is 3.61. The van der Waals surface area contributed by atoms with E-state index in [1.165, 1.54) is 18.6 Å². The Labute approximate surface area is 133 Å². The number of halogens is 3. The van der Waals surface area contributed by atoms with Gasteiger partial charge in [0.15, 0.2) is 0 Å². The van der Waals surface area contributed by atoms with Crippen LogP contribution in [0.1, 0.15) is 36.8 Å². The maximum absolute atomic E-state index is 12.6. The maximum Gasteiger partial charge on any atom is 0.416 e. The average molecular weight is 321 g/mol. The molecule has 0 aromatic heterocycles. The SMILES string of the molecule is O=C(NCC#Cc1cccc(C(F)(F)F)c1)C1CC2CCC1C2. The second-order valence-electron chi connectivity index (χ2n) is 6.38. The van der Waals surface area contributed by atoms with Crippen molar-refractivity contribution in [3.8, 4) is 11.8 Å². The van der Waals surface area contributed by atoms with Crippen molar-refractivity contribution in [2.45, 2.75) is 31.9 Å². The Morgan fingerprint density at radius 2 is 2.09 bits per heavy atom. The summed E-state index contributed by atoms with van der Waals surface area (Å²) in [6, 6.07) is 4.90. The van der Waals surface area contributed by atoms with Gasteiger partial charge in [-0.1, -0.05) is 24.3 Å². The van der Waals surface area contributed by atoms with Crippen molar-refractivity contribution in [1.82, 2.24) is 5.32 Å². The van der Waals surface area contributed by atoms with Gasteiger partial charge in [0.05, 0.1) is 12.1 Å². The summed E-state index contributed by atoms with van der Waals surface area (Å²) >= 11 is 0. The van der Waals surface area contributed by atoms with Crippen molar-refractivity contribution in [1.29, 1.82) is 0 Å². The molecule has 1 aromatic carbocycles. The number of alkyl halides is 3. The van der Waals surface area contributed by atoms with E-state index in [1.807, 2.05) is 0 Å². The fourth-order valence-electron chi connectivity index (χ4n) is 3.75. The molecule has 0 heterocycles. The van der Waals surface area contributed by atoms with E-state index in [1.54, 1.807) is 0 Å². The molecule has 2 saturated carbocycles. The minimum Gasteiger partial charge on any atom is -0.345 e. The van der Waals surface area contributed by atoms with Crippen LogP contribution in [-0.2, 0) is 11.0 Å². The van der Waals surface area contributed by atoms with Crippen LogP contribution in [0.4, 0.5) is 13.2 Å². The van der Waals surface area contributed by atoms with Gasteiger partial charge in [-0.25, -0.2) is 0 Å². The van der Waals surface area contributed by atoms with Gasteiger partial charge < -0.3 is 5.32 Å². The average Bonchev–Trinajstić information content (AvgIpc) is 3.14. The summed E-state index contributed by atoms with van der Waals surface area (Å²) in [5.74, 6) is 6.75. The number of nitrogens with one attached hydrogen (secondary N) is 1. The topological polar surface area (TPSA) is 29.1 Å². The van der Waals surface area contributed by atoms with Crippen LogP contribution in [0.2, 0.25) is 0 Å². The van der Waals surface area contributed by atoms with Crippen LogP contribution in [-0.4, -0.2) is 12.5 Å². The zero-order valence-electron chi connectivity index (χ0n) is 12.6. The zero-order valence-corrected chi connectivity index (χ0v) is 12.6. The number of carbonyl (C=O) groups excluding carboxylic acids is 1. The quantitative estimate of drug-likeness (QED) is 0.829.